The highest BCUT2D eigenvalue weighted by atomic mass is 35.5. The van der Waals surface area contributed by atoms with Crippen LogP contribution in [0.15, 0.2) is 53.2 Å². The molecule has 0 aliphatic rings. The summed E-state index contributed by atoms with van der Waals surface area (Å²) in [5, 5.41) is 9.61. The molecule has 7 heteroatoms. The van der Waals surface area contributed by atoms with E-state index in [1.165, 1.54) is 22.7 Å². The number of carbonyl (C=O) groups excluding carboxylic acids is 2. The van der Waals surface area contributed by atoms with Gasteiger partial charge in [0.2, 0.25) is 0 Å². The van der Waals surface area contributed by atoms with Gasteiger partial charge in [0.1, 0.15) is 0 Å². The number of nitrogens with one attached hydrogen (secondary N) is 2. The van der Waals surface area contributed by atoms with Crippen LogP contribution >= 0.6 is 34.3 Å². The molecule has 0 saturated carbocycles. The number of rotatable bonds is 4. The number of anilines is 2. The van der Waals surface area contributed by atoms with Crippen LogP contribution in [-0.4, -0.2) is 11.8 Å². The van der Waals surface area contributed by atoms with Gasteiger partial charge in [-0.3, -0.25) is 9.59 Å². The zero-order valence-corrected chi connectivity index (χ0v) is 14.1. The molecule has 0 unspecified atom stereocenters. The Labute approximate surface area is 145 Å². The minimum absolute atomic E-state index is 0.196. The van der Waals surface area contributed by atoms with Crippen molar-refractivity contribution in [2.24, 2.45) is 0 Å². The lowest BCUT2D eigenvalue weighted by Gasteiger charge is -2.09. The fraction of sp³-hybridized carbons (Fsp3) is 0. The molecule has 23 heavy (non-hydrogen) atoms. The predicted molar refractivity (Wildman–Crippen MR) is 96.0 cm³/mol. The van der Waals surface area contributed by atoms with Crippen molar-refractivity contribution in [1.82, 2.24) is 0 Å². The summed E-state index contributed by atoms with van der Waals surface area (Å²) in [5.41, 5.74) is 1.02. The minimum atomic E-state index is -0.233. The van der Waals surface area contributed by atoms with Gasteiger partial charge >= 0.3 is 0 Å². The number of thiophene rings is 2. The van der Waals surface area contributed by atoms with Crippen molar-refractivity contribution >= 4 is 57.5 Å². The molecule has 0 bridgehead atoms. The number of hydrogen-bond donors (Lipinski definition) is 2. The average molecular weight is 363 g/mol. The number of hydrogen-bond acceptors (Lipinski definition) is 4. The summed E-state index contributed by atoms with van der Waals surface area (Å²) in [7, 11) is 0. The van der Waals surface area contributed by atoms with E-state index in [9.17, 15) is 9.59 Å². The molecule has 0 saturated heterocycles. The van der Waals surface area contributed by atoms with Crippen LogP contribution in [0.1, 0.15) is 19.3 Å². The lowest BCUT2D eigenvalue weighted by molar-refractivity contribution is 0.102. The van der Waals surface area contributed by atoms with E-state index >= 15 is 0 Å². The number of carbonyl (C=O) groups is 2. The largest absolute Gasteiger partial charge is 0.321 e. The Morgan fingerprint density at radius 1 is 0.870 bits per heavy atom. The molecule has 1 aromatic carbocycles. The second-order valence-electron chi connectivity index (χ2n) is 4.56. The van der Waals surface area contributed by atoms with Gasteiger partial charge in [-0.05, 0) is 41.1 Å². The maximum Gasteiger partial charge on any atom is 0.265 e. The molecule has 3 aromatic rings. The molecule has 0 spiro atoms. The van der Waals surface area contributed by atoms with E-state index in [4.69, 9.17) is 11.6 Å². The van der Waals surface area contributed by atoms with E-state index in [1.54, 1.807) is 36.4 Å². The smallest absolute Gasteiger partial charge is 0.265 e. The van der Waals surface area contributed by atoms with Gasteiger partial charge in [-0.15, -0.1) is 22.7 Å². The van der Waals surface area contributed by atoms with Crippen molar-refractivity contribution in [1.29, 1.82) is 0 Å². The fourth-order valence-electron chi connectivity index (χ4n) is 1.89. The highest BCUT2D eigenvalue weighted by molar-refractivity contribution is 7.12. The zero-order valence-electron chi connectivity index (χ0n) is 11.7. The lowest BCUT2D eigenvalue weighted by atomic mass is 10.2. The van der Waals surface area contributed by atoms with Crippen LogP contribution in [0, 0.1) is 0 Å². The van der Waals surface area contributed by atoms with Gasteiger partial charge in [0.05, 0.1) is 20.5 Å². The van der Waals surface area contributed by atoms with Crippen LogP contribution in [0.5, 0.6) is 0 Å². The van der Waals surface area contributed by atoms with Crippen LogP contribution in [0.4, 0.5) is 11.4 Å². The number of benzene rings is 1. The fourth-order valence-corrected chi connectivity index (χ4v) is 3.29. The third-order valence-electron chi connectivity index (χ3n) is 2.96. The molecule has 2 heterocycles. The summed E-state index contributed by atoms with van der Waals surface area (Å²) in [6.45, 7) is 0. The highest BCUT2D eigenvalue weighted by Gasteiger charge is 2.12. The zero-order chi connectivity index (χ0) is 16.2. The Hall–Kier alpha value is -2.15. The lowest BCUT2D eigenvalue weighted by Crippen LogP contribution is -2.12. The molecule has 4 nitrogen and oxygen atoms in total. The summed E-state index contributed by atoms with van der Waals surface area (Å²) in [6.07, 6.45) is 0. The Kier molecular flexibility index (Phi) is 4.76. The van der Waals surface area contributed by atoms with Gasteiger partial charge in [0, 0.05) is 5.69 Å². The molecule has 0 aliphatic carbocycles. The first-order valence-corrected chi connectivity index (χ1v) is 8.76. The van der Waals surface area contributed by atoms with Crippen LogP contribution in [0.3, 0.4) is 0 Å². The second-order valence-corrected chi connectivity index (χ2v) is 6.86. The normalized spacial score (nSPS) is 10.3. The molecule has 0 fully saturated rings. The third-order valence-corrected chi connectivity index (χ3v) is 5.03. The van der Waals surface area contributed by atoms with Gasteiger partial charge in [-0.2, -0.15) is 0 Å². The van der Waals surface area contributed by atoms with Gasteiger partial charge in [0.15, 0.2) is 0 Å². The van der Waals surface area contributed by atoms with Gasteiger partial charge < -0.3 is 10.6 Å². The highest BCUT2D eigenvalue weighted by Crippen LogP contribution is 2.27. The van der Waals surface area contributed by atoms with Crippen LogP contribution in [0.2, 0.25) is 5.02 Å². The van der Waals surface area contributed by atoms with E-state index in [-0.39, 0.29) is 11.8 Å². The minimum Gasteiger partial charge on any atom is -0.321 e. The summed E-state index contributed by atoms with van der Waals surface area (Å²) < 4.78 is 0. The third kappa shape index (κ3) is 3.79. The van der Waals surface area contributed by atoms with Crippen molar-refractivity contribution in [3.8, 4) is 0 Å². The van der Waals surface area contributed by atoms with E-state index in [2.05, 4.69) is 10.6 Å². The molecular weight excluding hydrogens is 352 g/mol. The quantitative estimate of drug-likeness (QED) is 0.688. The maximum atomic E-state index is 12.1. The molecule has 3 rings (SSSR count). The second kappa shape index (κ2) is 6.95. The van der Waals surface area contributed by atoms with E-state index < -0.39 is 0 Å². The first-order chi connectivity index (χ1) is 11.1. The number of amides is 2. The Morgan fingerprint density at radius 3 is 2.04 bits per heavy atom. The van der Waals surface area contributed by atoms with Crippen LogP contribution in [-0.2, 0) is 0 Å². The van der Waals surface area contributed by atoms with Crippen LogP contribution < -0.4 is 10.6 Å². The molecule has 116 valence electrons. The summed E-state index contributed by atoms with van der Waals surface area (Å²) in [5.74, 6) is -0.429. The van der Waals surface area contributed by atoms with Crippen molar-refractivity contribution < 1.29 is 9.59 Å². The molecule has 2 N–H and O–H groups in total. The first kappa shape index (κ1) is 15.7. The topological polar surface area (TPSA) is 58.2 Å². The SMILES string of the molecule is O=C(Nc1ccc(Cl)c(NC(=O)c2cccs2)c1)c1cccs1. The van der Waals surface area contributed by atoms with E-state index in [1.807, 2.05) is 16.8 Å². The molecule has 0 aliphatic heterocycles. The summed E-state index contributed by atoms with van der Waals surface area (Å²) in [4.78, 5) is 25.4. The first-order valence-electron chi connectivity index (χ1n) is 6.63. The predicted octanol–water partition coefficient (Wildman–Crippen LogP) is 4.97. The monoisotopic (exact) mass is 362 g/mol. The van der Waals surface area contributed by atoms with Gasteiger partial charge in [-0.25, -0.2) is 0 Å². The van der Waals surface area contributed by atoms with Crippen LogP contribution in [0.25, 0.3) is 0 Å². The van der Waals surface area contributed by atoms with Crippen molar-refractivity contribution in [3.05, 3.63) is 68.0 Å². The molecular formula is C16H11ClN2O2S2. The Bertz CT molecular complexity index is 830. The van der Waals surface area contributed by atoms with Crippen molar-refractivity contribution in [2.45, 2.75) is 0 Å². The Balaban J connectivity index is 1.76. The average Bonchev–Trinajstić information content (AvgIpc) is 3.23. The molecule has 2 amide bonds. The van der Waals surface area contributed by atoms with E-state index in [0.717, 1.165) is 0 Å². The Morgan fingerprint density at radius 2 is 1.48 bits per heavy atom. The van der Waals surface area contributed by atoms with E-state index in [0.29, 0.717) is 26.2 Å². The van der Waals surface area contributed by atoms with Gasteiger partial charge in [-0.1, -0.05) is 23.7 Å². The summed E-state index contributed by atoms with van der Waals surface area (Å²) in [6, 6.07) is 12.1. The van der Waals surface area contributed by atoms with Crippen molar-refractivity contribution in [2.75, 3.05) is 10.6 Å². The molecule has 2 aromatic heterocycles. The van der Waals surface area contributed by atoms with Crippen molar-refractivity contribution in [3.63, 3.8) is 0 Å². The molecule has 0 radical (unpaired) electrons. The molecule has 0 atom stereocenters. The standard InChI is InChI=1S/C16H11ClN2O2S2/c17-11-6-5-10(18-15(20)13-3-1-7-22-13)9-12(11)19-16(21)14-4-2-8-23-14/h1-9H,(H,18,20)(H,19,21). The van der Waals surface area contributed by atoms with Gasteiger partial charge in [0.25, 0.3) is 11.8 Å². The summed E-state index contributed by atoms with van der Waals surface area (Å²) >= 11 is 8.82. The number of halogens is 1. The maximum absolute atomic E-state index is 12.1.